The maximum absolute atomic E-state index is 15.2. The zero-order valence-electron chi connectivity index (χ0n) is 18.1. The second kappa shape index (κ2) is 9.00. The van der Waals surface area contributed by atoms with Crippen LogP contribution in [-0.4, -0.2) is 40.5 Å². The molecule has 0 aromatic heterocycles. The summed E-state index contributed by atoms with van der Waals surface area (Å²) >= 11 is 0. The number of halogens is 3. The van der Waals surface area contributed by atoms with Crippen molar-refractivity contribution < 1.29 is 42.7 Å². The predicted octanol–water partition coefficient (Wildman–Crippen LogP) is 4.83. The van der Waals surface area contributed by atoms with Gasteiger partial charge in [-0.3, -0.25) is 20.2 Å². The summed E-state index contributed by atoms with van der Waals surface area (Å²) in [5.41, 5.74) is -7.43. The third-order valence-corrected chi connectivity index (χ3v) is 5.44. The smallest absolute Gasteiger partial charge is 0.406 e. The number of phenols is 2. The Morgan fingerprint density at radius 2 is 1.14 bits per heavy atom. The molecule has 184 valence electrons. The van der Waals surface area contributed by atoms with Crippen molar-refractivity contribution >= 4 is 11.4 Å². The Labute approximate surface area is 195 Å². The second-order valence-electron chi connectivity index (χ2n) is 7.22. The second-order valence-corrected chi connectivity index (χ2v) is 7.22. The van der Waals surface area contributed by atoms with Crippen LogP contribution in [0.1, 0.15) is 16.7 Å². The Bertz CT molecular complexity index is 1220. The van der Waals surface area contributed by atoms with E-state index in [-0.39, 0.29) is 0 Å². The molecule has 0 amide bonds. The maximum Gasteiger partial charge on any atom is 0.406 e. The van der Waals surface area contributed by atoms with Gasteiger partial charge in [-0.2, -0.15) is 13.2 Å². The van der Waals surface area contributed by atoms with E-state index in [1.54, 1.807) is 0 Å². The molecule has 0 saturated carbocycles. The first-order valence-corrected chi connectivity index (χ1v) is 9.64. The number of nitrogens with zero attached hydrogens (tertiary/aromatic N) is 2. The maximum atomic E-state index is 15.2. The molecule has 3 aromatic carbocycles. The van der Waals surface area contributed by atoms with E-state index in [0.29, 0.717) is 12.1 Å². The van der Waals surface area contributed by atoms with Crippen molar-refractivity contribution in [2.24, 2.45) is 0 Å². The van der Waals surface area contributed by atoms with Gasteiger partial charge in [0.15, 0.2) is 11.5 Å². The number of aromatic hydroxyl groups is 2. The summed E-state index contributed by atoms with van der Waals surface area (Å²) < 4.78 is 55.4. The van der Waals surface area contributed by atoms with Gasteiger partial charge in [0.1, 0.15) is 5.41 Å². The van der Waals surface area contributed by atoms with Gasteiger partial charge in [0.25, 0.3) is 0 Å². The number of methoxy groups -OCH3 is 2. The van der Waals surface area contributed by atoms with Gasteiger partial charge in [0.05, 0.1) is 24.1 Å². The van der Waals surface area contributed by atoms with Crippen LogP contribution >= 0.6 is 0 Å². The quantitative estimate of drug-likeness (QED) is 0.270. The number of nitro benzene ring substituents is 2. The van der Waals surface area contributed by atoms with Crippen LogP contribution in [-0.2, 0) is 5.41 Å². The number of alkyl halides is 3. The monoisotopic (exact) mass is 494 g/mol. The van der Waals surface area contributed by atoms with Gasteiger partial charge in [-0.25, -0.2) is 0 Å². The number of hydrogen-bond donors (Lipinski definition) is 2. The predicted molar refractivity (Wildman–Crippen MR) is 115 cm³/mol. The van der Waals surface area contributed by atoms with Crippen molar-refractivity contribution in [3.05, 3.63) is 91.5 Å². The minimum atomic E-state index is -5.26. The lowest BCUT2D eigenvalue weighted by atomic mass is 9.68. The molecule has 0 bridgehead atoms. The van der Waals surface area contributed by atoms with Crippen molar-refractivity contribution in [3.8, 4) is 23.0 Å². The van der Waals surface area contributed by atoms with Crippen LogP contribution in [0.15, 0.2) is 54.6 Å². The lowest BCUT2D eigenvalue weighted by Gasteiger charge is -2.37. The van der Waals surface area contributed by atoms with E-state index in [1.807, 2.05) is 0 Å². The molecule has 35 heavy (non-hydrogen) atoms. The molecule has 3 aromatic rings. The summed E-state index contributed by atoms with van der Waals surface area (Å²) in [6.45, 7) is 0. The summed E-state index contributed by atoms with van der Waals surface area (Å²) in [7, 11) is 1.99. The minimum Gasteiger partial charge on any atom is -0.500 e. The first-order valence-electron chi connectivity index (χ1n) is 9.64. The molecule has 0 fully saturated rings. The highest BCUT2D eigenvalue weighted by Gasteiger charge is 2.59. The molecular weight excluding hydrogens is 477 g/mol. The van der Waals surface area contributed by atoms with E-state index in [2.05, 4.69) is 0 Å². The molecule has 2 N–H and O–H groups in total. The van der Waals surface area contributed by atoms with Gasteiger partial charge in [-0.15, -0.1) is 0 Å². The van der Waals surface area contributed by atoms with E-state index in [1.165, 1.54) is 18.2 Å². The molecule has 0 radical (unpaired) electrons. The topological polar surface area (TPSA) is 145 Å². The zero-order valence-corrected chi connectivity index (χ0v) is 18.1. The average Bonchev–Trinajstić information content (AvgIpc) is 2.80. The Morgan fingerprint density at radius 1 is 0.743 bits per heavy atom. The first-order chi connectivity index (χ1) is 16.4. The highest BCUT2D eigenvalue weighted by atomic mass is 19.4. The van der Waals surface area contributed by atoms with Crippen LogP contribution in [0.3, 0.4) is 0 Å². The van der Waals surface area contributed by atoms with Crippen LogP contribution in [0.5, 0.6) is 23.0 Å². The highest BCUT2D eigenvalue weighted by Crippen LogP contribution is 2.55. The summed E-state index contributed by atoms with van der Waals surface area (Å²) in [6.07, 6.45) is -5.26. The third kappa shape index (κ3) is 4.00. The number of hydrogen-bond acceptors (Lipinski definition) is 8. The number of ether oxygens (including phenoxy) is 2. The SMILES string of the molecule is COc1cc(C(c2ccccc2)(c2cc(OC)c(O)c([N+](=O)[O-])c2)C(F)(F)F)cc([N+](=O)[O-])c1O. The molecule has 0 unspecified atom stereocenters. The number of rotatable bonds is 7. The molecule has 0 atom stereocenters. The summed E-state index contributed by atoms with van der Waals surface area (Å²) in [5.74, 6) is -3.25. The summed E-state index contributed by atoms with van der Waals surface area (Å²) in [6, 6.07) is 8.73. The van der Waals surface area contributed by atoms with Crippen LogP contribution in [0.25, 0.3) is 0 Å². The number of phenolic OH excluding ortho intramolecular Hbond substituents is 2. The lowest BCUT2D eigenvalue weighted by Crippen LogP contribution is -2.44. The Balaban J connectivity index is 2.63. The molecule has 0 aliphatic heterocycles. The van der Waals surface area contributed by atoms with Crippen molar-refractivity contribution in [1.29, 1.82) is 0 Å². The van der Waals surface area contributed by atoms with Crippen molar-refractivity contribution in [3.63, 3.8) is 0 Å². The van der Waals surface area contributed by atoms with Gasteiger partial charge >= 0.3 is 17.6 Å². The normalized spacial score (nSPS) is 11.7. The molecule has 0 aliphatic rings. The molecule has 13 heteroatoms. The molecule has 10 nitrogen and oxygen atoms in total. The highest BCUT2D eigenvalue weighted by molar-refractivity contribution is 5.66. The van der Waals surface area contributed by atoms with Crippen molar-refractivity contribution in [2.45, 2.75) is 11.6 Å². The molecule has 3 rings (SSSR count). The Hall–Kier alpha value is -4.55. The van der Waals surface area contributed by atoms with Gasteiger partial charge in [0, 0.05) is 12.1 Å². The van der Waals surface area contributed by atoms with Crippen LogP contribution in [0, 0.1) is 20.2 Å². The Kier molecular flexibility index (Phi) is 6.45. The van der Waals surface area contributed by atoms with Gasteiger partial charge in [-0.1, -0.05) is 30.3 Å². The molecule has 0 heterocycles. The average molecular weight is 494 g/mol. The fraction of sp³-hybridized carbons (Fsp3) is 0.182. The fourth-order valence-corrected chi connectivity index (χ4v) is 3.89. The van der Waals surface area contributed by atoms with Gasteiger partial charge < -0.3 is 19.7 Å². The van der Waals surface area contributed by atoms with E-state index in [9.17, 15) is 30.4 Å². The van der Waals surface area contributed by atoms with Crippen LogP contribution in [0.4, 0.5) is 24.5 Å². The lowest BCUT2D eigenvalue weighted by molar-refractivity contribution is -0.386. The largest absolute Gasteiger partial charge is 0.500 e. The van der Waals surface area contributed by atoms with Crippen LogP contribution < -0.4 is 9.47 Å². The van der Waals surface area contributed by atoms with E-state index >= 15 is 13.2 Å². The van der Waals surface area contributed by atoms with Gasteiger partial charge in [0.2, 0.25) is 11.5 Å². The third-order valence-electron chi connectivity index (χ3n) is 5.44. The Morgan fingerprint density at radius 3 is 1.46 bits per heavy atom. The molecule has 0 saturated heterocycles. The number of benzene rings is 3. The number of nitro groups is 2. The summed E-state index contributed by atoms with van der Waals surface area (Å²) in [4.78, 5) is 20.9. The van der Waals surface area contributed by atoms with Crippen LogP contribution in [0.2, 0.25) is 0 Å². The van der Waals surface area contributed by atoms with E-state index in [4.69, 9.17) is 9.47 Å². The fourth-order valence-electron chi connectivity index (χ4n) is 3.89. The zero-order chi connectivity index (χ0) is 26.1. The molecule has 0 spiro atoms. The van der Waals surface area contributed by atoms with Gasteiger partial charge in [-0.05, 0) is 28.8 Å². The minimum absolute atomic E-state index is 0.461. The van der Waals surface area contributed by atoms with E-state index < -0.39 is 72.5 Å². The van der Waals surface area contributed by atoms with Crippen molar-refractivity contribution in [2.75, 3.05) is 14.2 Å². The summed E-state index contributed by atoms with van der Waals surface area (Å²) in [5, 5.41) is 43.4. The van der Waals surface area contributed by atoms with E-state index in [0.717, 1.165) is 38.5 Å². The molecule has 0 aliphatic carbocycles. The molecular formula is C22H17F3N2O8. The van der Waals surface area contributed by atoms with Crippen molar-refractivity contribution in [1.82, 2.24) is 0 Å². The first kappa shape index (κ1) is 25.1. The standard InChI is InChI=1S/C22H17F3N2O8/c1-34-17-10-13(8-15(19(17)28)26(30)31)21(22(23,24)25,12-6-4-3-5-7-12)14-9-16(27(32)33)20(29)18(11-14)35-2/h3-11,28-29H,1-2H3.